The second kappa shape index (κ2) is 8.18. The maximum Gasteiger partial charge on any atom is 0.416 e. The molecule has 0 fully saturated rings. The van der Waals surface area contributed by atoms with Gasteiger partial charge in [-0.3, -0.25) is 4.98 Å². The Morgan fingerprint density at radius 1 is 0.933 bits per heavy atom. The van der Waals surface area contributed by atoms with Gasteiger partial charge in [-0.2, -0.15) is 13.2 Å². The Labute approximate surface area is 184 Å². The number of H-pyrrole nitrogens is 1. The van der Waals surface area contributed by atoms with Gasteiger partial charge in [0.1, 0.15) is 0 Å². The van der Waals surface area contributed by atoms with Crippen LogP contribution in [0.15, 0.2) is 54.5 Å². The molecular formula is C17H9Cl3F3N3O3S. The third-order valence-corrected chi connectivity index (χ3v) is 6.38. The molecule has 3 aromatic rings. The van der Waals surface area contributed by atoms with Crippen LogP contribution in [0.3, 0.4) is 0 Å². The van der Waals surface area contributed by atoms with E-state index in [9.17, 15) is 27.6 Å². The van der Waals surface area contributed by atoms with Gasteiger partial charge in [-0.1, -0.05) is 46.6 Å². The van der Waals surface area contributed by atoms with Crippen molar-refractivity contribution in [2.75, 3.05) is 0 Å². The summed E-state index contributed by atoms with van der Waals surface area (Å²) in [6, 6.07) is 5.35. The predicted octanol–water partition coefficient (Wildman–Crippen LogP) is 4.35. The molecule has 3 rings (SSSR count). The second-order valence-corrected chi connectivity index (χ2v) is 8.17. The summed E-state index contributed by atoms with van der Waals surface area (Å²) in [5, 5.41) is -0.131. The largest absolute Gasteiger partial charge is 0.416 e. The summed E-state index contributed by atoms with van der Waals surface area (Å²) in [5.74, 6) is 0. The quantitative estimate of drug-likeness (QED) is 0.582. The third-order valence-electron chi connectivity index (χ3n) is 3.91. The minimum absolute atomic E-state index is 0.00489. The van der Waals surface area contributed by atoms with Crippen LogP contribution in [-0.2, 0) is 13.2 Å². The van der Waals surface area contributed by atoms with E-state index in [1.165, 1.54) is 25.2 Å². The molecule has 0 amide bonds. The van der Waals surface area contributed by atoms with Crippen LogP contribution in [0.2, 0.25) is 15.1 Å². The van der Waals surface area contributed by atoms with E-state index in [1.807, 2.05) is 4.98 Å². The van der Waals surface area contributed by atoms with E-state index in [0.29, 0.717) is 9.13 Å². The fourth-order valence-electron chi connectivity index (χ4n) is 2.43. The Bertz CT molecular complexity index is 1310. The van der Waals surface area contributed by atoms with Crippen molar-refractivity contribution in [1.29, 1.82) is 0 Å². The molecule has 0 spiro atoms. The van der Waals surface area contributed by atoms with E-state index in [4.69, 9.17) is 34.8 Å². The number of rotatable bonds is 3. The maximum absolute atomic E-state index is 12.8. The van der Waals surface area contributed by atoms with Crippen LogP contribution < -0.4 is 17.1 Å². The number of nitrogens with zero attached hydrogens (tertiary/aromatic N) is 2. The molecule has 1 heterocycles. The number of nitrogens with one attached hydrogen (secondary N) is 1. The van der Waals surface area contributed by atoms with Crippen molar-refractivity contribution in [3.63, 3.8) is 0 Å². The lowest BCUT2D eigenvalue weighted by Gasteiger charge is -2.13. The van der Waals surface area contributed by atoms with Gasteiger partial charge < -0.3 is 0 Å². The first-order valence-electron chi connectivity index (χ1n) is 7.86. The lowest BCUT2D eigenvalue weighted by atomic mass is 10.2. The van der Waals surface area contributed by atoms with Crippen LogP contribution in [-0.4, -0.2) is 14.1 Å². The molecule has 0 aliphatic heterocycles. The Balaban J connectivity index is 2.06. The van der Waals surface area contributed by atoms with Crippen molar-refractivity contribution >= 4 is 46.6 Å². The summed E-state index contributed by atoms with van der Waals surface area (Å²) in [7, 11) is 1.18. The number of aromatic amines is 1. The van der Waals surface area contributed by atoms with Crippen molar-refractivity contribution in [2.45, 2.75) is 16.0 Å². The van der Waals surface area contributed by atoms with Gasteiger partial charge in [0, 0.05) is 16.8 Å². The fraction of sp³-hybridized carbons (Fsp3) is 0.118. The van der Waals surface area contributed by atoms with Crippen molar-refractivity contribution in [2.24, 2.45) is 7.05 Å². The van der Waals surface area contributed by atoms with E-state index in [-0.39, 0.29) is 30.5 Å². The van der Waals surface area contributed by atoms with E-state index >= 15 is 0 Å². The smallest absolute Gasteiger partial charge is 0.258 e. The Morgan fingerprint density at radius 3 is 2.07 bits per heavy atom. The second-order valence-electron chi connectivity index (χ2n) is 5.90. The van der Waals surface area contributed by atoms with Crippen LogP contribution >= 0.6 is 46.6 Å². The average molecular weight is 499 g/mol. The lowest BCUT2D eigenvalue weighted by molar-refractivity contribution is -0.137. The number of halogens is 6. The molecule has 0 unspecified atom stereocenters. The highest BCUT2D eigenvalue weighted by atomic mass is 35.5. The van der Waals surface area contributed by atoms with Gasteiger partial charge >= 0.3 is 23.2 Å². The maximum atomic E-state index is 12.8. The summed E-state index contributed by atoms with van der Waals surface area (Å²) in [4.78, 5) is 38.3. The van der Waals surface area contributed by atoms with Gasteiger partial charge in [-0.15, -0.1) is 0 Å². The first-order valence-corrected chi connectivity index (χ1v) is 9.81. The monoisotopic (exact) mass is 497 g/mol. The van der Waals surface area contributed by atoms with Crippen LogP contribution in [0.4, 0.5) is 13.2 Å². The molecule has 1 N–H and O–H groups in total. The summed E-state index contributed by atoms with van der Waals surface area (Å²) < 4.78 is 39.7. The fourth-order valence-corrected chi connectivity index (χ4v) is 4.25. The minimum Gasteiger partial charge on any atom is -0.258 e. The average Bonchev–Trinajstić information content (AvgIpc) is 2.63. The minimum atomic E-state index is -4.54. The Morgan fingerprint density at radius 2 is 1.53 bits per heavy atom. The Hall–Kier alpha value is -2.14. The summed E-state index contributed by atoms with van der Waals surface area (Å²) in [6.45, 7) is 0. The molecule has 0 aliphatic carbocycles. The molecule has 13 heteroatoms. The third kappa shape index (κ3) is 4.31. The normalized spacial score (nSPS) is 11.7. The zero-order chi connectivity index (χ0) is 22.4. The SMILES string of the molecule is Cn1c(=O)[nH]c(=O)n(-c2cc(Cl)c(Sc3ccc(C(F)(F)F)cc3Cl)c(Cl)c2)c1=O. The number of benzene rings is 2. The predicted molar refractivity (Wildman–Crippen MR) is 108 cm³/mol. The van der Waals surface area contributed by atoms with Gasteiger partial charge in [0.25, 0.3) is 0 Å². The molecule has 0 saturated carbocycles. The molecule has 0 aliphatic rings. The number of alkyl halides is 3. The Kier molecular flexibility index (Phi) is 6.15. The zero-order valence-corrected chi connectivity index (χ0v) is 17.8. The summed E-state index contributed by atoms with van der Waals surface area (Å²) in [6.07, 6.45) is -4.54. The standard InChI is InChI=1S/C17H9Cl3F3N3O3S/c1-25-14(27)24-15(28)26(16(25)29)8-5-10(19)13(11(20)6-8)30-12-3-2-7(4-9(12)18)17(21,22)23/h2-6H,1H3,(H,24,27,28). The highest BCUT2D eigenvalue weighted by Gasteiger charge is 2.31. The molecule has 1 aromatic heterocycles. The van der Waals surface area contributed by atoms with E-state index in [0.717, 1.165) is 23.9 Å². The van der Waals surface area contributed by atoms with E-state index in [2.05, 4.69) is 0 Å². The molecular weight excluding hydrogens is 490 g/mol. The molecule has 0 bridgehead atoms. The zero-order valence-electron chi connectivity index (χ0n) is 14.7. The number of aromatic nitrogens is 3. The lowest BCUT2D eigenvalue weighted by Crippen LogP contribution is -2.47. The molecule has 6 nitrogen and oxygen atoms in total. The van der Waals surface area contributed by atoms with Crippen molar-refractivity contribution < 1.29 is 13.2 Å². The van der Waals surface area contributed by atoms with E-state index in [1.54, 1.807) is 0 Å². The highest BCUT2D eigenvalue weighted by molar-refractivity contribution is 7.99. The van der Waals surface area contributed by atoms with Gasteiger partial charge in [-0.05, 0) is 30.3 Å². The van der Waals surface area contributed by atoms with Gasteiger partial charge in [-0.25, -0.2) is 23.5 Å². The first-order chi connectivity index (χ1) is 13.9. The topological polar surface area (TPSA) is 76.9 Å². The van der Waals surface area contributed by atoms with E-state index < -0.39 is 28.8 Å². The van der Waals surface area contributed by atoms with Crippen LogP contribution in [0, 0.1) is 0 Å². The number of hydrogen-bond donors (Lipinski definition) is 1. The van der Waals surface area contributed by atoms with Crippen LogP contribution in [0.25, 0.3) is 5.69 Å². The molecule has 0 radical (unpaired) electrons. The first kappa shape index (κ1) is 22.5. The molecule has 0 atom stereocenters. The van der Waals surface area contributed by atoms with Crippen LogP contribution in [0.5, 0.6) is 0 Å². The van der Waals surface area contributed by atoms with Crippen molar-refractivity contribution in [3.05, 3.63) is 82.4 Å². The molecule has 0 saturated heterocycles. The van der Waals surface area contributed by atoms with Gasteiger partial charge in [0.15, 0.2) is 0 Å². The van der Waals surface area contributed by atoms with Gasteiger partial charge in [0.05, 0.1) is 26.3 Å². The summed E-state index contributed by atoms with van der Waals surface area (Å²) in [5.41, 5.74) is -3.70. The van der Waals surface area contributed by atoms with Crippen molar-refractivity contribution in [3.8, 4) is 5.69 Å². The van der Waals surface area contributed by atoms with Crippen LogP contribution in [0.1, 0.15) is 5.56 Å². The van der Waals surface area contributed by atoms with Gasteiger partial charge in [0.2, 0.25) is 0 Å². The molecule has 30 heavy (non-hydrogen) atoms. The summed E-state index contributed by atoms with van der Waals surface area (Å²) >= 11 is 19.4. The highest BCUT2D eigenvalue weighted by Crippen LogP contribution is 2.43. The number of hydrogen-bond acceptors (Lipinski definition) is 4. The molecule has 158 valence electrons. The molecule has 2 aromatic carbocycles. The van der Waals surface area contributed by atoms with Crippen molar-refractivity contribution in [1.82, 2.24) is 14.1 Å².